The van der Waals surface area contributed by atoms with E-state index in [0.29, 0.717) is 31.8 Å². The van der Waals surface area contributed by atoms with E-state index in [1.54, 1.807) is 32.9 Å². The van der Waals surface area contributed by atoms with Crippen molar-refractivity contribution in [3.05, 3.63) is 109 Å². The van der Waals surface area contributed by atoms with Crippen LogP contribution in [-0.4, -0.2) is 32.0 Å². The molecule has 1 aromatic carbocycles. The number of aromatic amines is 1. The summed E-state index contributed by atoms with van der Waals surface area (Å²) in [4.78, 5) is 63.0. The van der Waals surface area contributed by atoms with Gasteiger partial charge >= 0.3 is 5.97 Å². The van der Waals surface area contributed by atoms with Gasteiger partial charge in [0.05, 0.1) is 27.3 Å². The highest BCUT2D eigenvalue weighted by Crippen LogP contribution is 2.34. The summed E-state index contributed by atoms with van der Waals surface area (Å²) in [5.41, 5.74) is 0.752. The second-order valence-corrected chi connectivity index (χ2v) is 11.6. The number of aromatic nitrogens is 3. The van der Waals surface area contributed by atoms with Gasteiger partial charge in [-0.1, -0.05) is 29.2 Å². The standard InChI is InChI=1S/C26H21N5O6S3/c1-4-37-24(34)21-14(3)28-26-30(22(21)18-6-5-9-38-18)23(33)19(40-26)12-15-11-16(31(35)36)7-8-17(15)39-25-27-13(2)10-20(32)29-25/h5-12,22H,4H2,1-3H3,(H,27,29,32)/b19-12+/t22-/m1/s1. The number of thiazole rings is 1. The molecule has 0 fully saturated rings. The highest BCUT2D eigenvalue weighted by atomic mass is 32.2. The SMILES string of the molecule is CCOC(=O)C1=C(C)N=c2s/c(=C/c3cc([N+](=O)[O-])ccc3Sc3nc(C)cc(=O)[nH]3)c(=O)n2[C@@H]1c1cccs1. The number of hydrogen-bond acceptors (Lipinski definition) is 11. The van der Waals surface area contributed by atoms with Gasteiger partial charge < -0.3 is 9.72 Å². The molecule has 1 aliphatic rings. The Morgan fingerprint density at radius 2 is 2.08 bits per heavy atom. The highest BCUT2D eigenvalue weighted by molar-refractivity contribution is 7.99. The molecule has 0 spiro atoms. The van der Waals surface area contributed by atoms with E-state index in [2.05, 4.69) is 15.0 Å². The number of nitro groups is 1. The van der Waals surface area contributed by atoms with E-state index in [4.69, 9.17) is 4.74 Å². The van der Waals surface area contributed by atoms with Gasteiger partial charge in [0.15, 0.2) is 9.96 Å². The molecule has 3 aromatic heterocycles. The summed E-state index contributed by atoms with van der Waals surface area (Å²) in [5, 5.41) is 13.7. The number of hydrogen-bond donors (Lipinski definition) is 1. The summed E-state index contributed by atoms with van der Waals surface area (Å²) in [7, 11) is 0. The maximum absolute atomic E-state index is 13.8. The lowest BCUT2D eigenvalue weighted by Gasteiger charge is -2.23. The van der Waals surface area contributed by atoms with Crippen LogP contribution in [0.2, 0.25) is 0 Å². The number of nitrogens with one attached hydrogen (secondary N) is 1. The molecule has 0 bridgehead atoms. The average molecular weight is 596 g/mol. The molecular formula is C26H21N5O6S3. The number of non-ortho nitro benzene ring substituents is 1. The zero-order valence-corrected chi connectivity index (χ0v) is 23.8. The fourth-order valence-electron chi connectivity index (χ4n) is 4.21. The monoisotopic (exact) mass is 595 g/mol. The van der Waals surface area contributed by atoms with Crippen molar-refractivity contribution in [2.24, 2.45) is 4.99 Å². The number of nitro benzene ring substituents is 1. The molecular weight excluding hydrogens is 575 g/mol. The van der Waals surface area contributed by atoms with Crippen molar-refractivity contribution < 1.29 is 14.5 Å². The summed E-state index contributed by atoms with van der Waals surface area (Å²) in [6.07, 6.45) is 1.56. The second-order valence-electron chi connectivity index (χ2n) is 8.59. The lowest BCUT2D eigenvalue weighted by molar-refractivity contribution is -0.384. The molecule has 0 unspecified atom stereocenters. The number of fused-ring (bicyclic) bond motifs is 1. The van der Waals surface area contributed by atoms with Crippen molar-refractivity contribution in [3.63, 3.8) is 0 Å². The number of benzene rings is 1. The molecule has 1 N–H and O–H groups in total. The Kier molecular flexibility index (Phi) is 7.65. The van der Waals surface area contributed by atoms with E-state index in [0.717, 1.165) is 28.0 Å². The molecule has 0 saturated heterocycles. The Labute approximate surface area is 238 Å². The number of carbonyl (C=O) groups excluding carboxylic acids is 1. The Hall–Kier alpha value is -4.14. The summed E-state index contributed by atoms with van der Waals surface area (Å²) in [6.45, 7) is 5.27. The fraction of sp³-hybridized carbons (Fsp3) is 0.192. The van der Waals surface area contributed by atoms with Crippen molar-refractivity contribution in [3.8, 4) is 0 Å². The van der Waals surface area contributed by atoms with Crippen LogP contribution in [0.3, 0.4) is 0 Å². The molecule has 11 nitrogen and oxygen atoms in total. The number of rotatable bonds is 7. The number of aryl methyl sites for hydroxylation is 1. The van der Waals surface area contributed by atoms with Gasteiger partial charge in [-0.25, -0.2) is 14.8 Å². The molecule has 204 valence electrons. The van der Waals surface area contributed by atoms with E-state index in [-0.39, 0.29) is 28.0 Å². The number of esters is 1. The van der Waals surface area contributed by atoms with Gasteiger partial charge in [0, 0.05) is 33.7 Å². The van der Waals surface area contributed by atoms with Crippen molar-refractivity contribution in [1.82, 2.24) is 14.5 Å². The van der Waals surface area contributed by atoms with E-state index in [1.165, 1.54) is 34.1 Å². The third-order valence-electron chi connectivity index (χ3n) is 5.88. The van der Waals surface area contributed by atoms with E-state index in [1.807, 2.05) is 17.5 Å². The van der Waals surface area contributed by atoms with Gasteiger partial charge in [-0.2, -0.15) is 0 Å². The Bertz CT molecular complexity index is 1920. The van der Waals surface area contributed by atoms with Crippen LogP contribution in [0, 0.1) is 17.0 Å². The molecule has 4 heterocycles. The van der Waals surface area contributed by atoms with Crippen LogP contribution in [-0.2, 0) is 9.53 Å². The molecule has 0 saturated carbocycles. The average Bonchev–Trinajstić information content (AvgIpc) is 3.52. The first-order chi connectivity index (χ1) is 19.2. The van der Waals surface area contributed by atoms with Crippen LogP contribution in [0.1, 0.15) is 36.0 Å². The number of H-pyrrole nitrogens is 1. The zero-order valence-electron chi connectivity index (χ0n) is 21.4. The molecule has 5 rings (SSSR count). The third kappa shape index (κ3) is 5.33. The number of carbonyl (C=O) groups is 1. The van der Waals surface area contributed by atoms with Crippen molar-refractivity contribution in [2.45, 2.75) is 36.9 Å². The van der Waals surface area contributed by atoms with Crippen molar-refractivity contribution in [1.29, 1.82) is 0 Å². The Balaban J connectivity index is 1.69. The zero-order chi connectivity index (χ0) is 28.6. The van der Waals surface area contributed by atoms with E-state index < -0.39 is 22.5 Å². The van der Waals surface area contributed by atoms with Gasteiger partial charge in [-0.05, 0) is 49.9 Å². The van der Waals surface area contributed by atoms with Crippen LogP contribution in [0.25, 0.3) is 6.08 Å². The van der Waals surface area contributed by atoms with Crippen molar-refractivity contribution >= 4 is 52.2 Å². The lowest BCUT2D eigenvalue weighted by atomic mass is 10.0. The normalized spacial score (nSPS) is 15.1. The molecule has 0 amide bonds. The number of thiophene rings is 1. The maximum atomic E-state index is 13.8. The molecule has 1 aliphatic heterocycles. The van der Waals surface area contributed by atoms with E-state index >= 15 is 0 Å². The van der Waals surface area contributed by atoms with Gasteiger partial charge in [-0.15, -0.1) is 11.3 Å². The highest BCUT2D eigenvalue weighted by Gasteiger charge is 2.34. The van der Waals surface area contributed by atoms with Gasteiger partial charge in [0.25, 0.3) is 16.8 Å². The minimum absolute atomic E-state index is 0.161. The Morgan fingerprint density at radius 1 is 1.27 bits per heavy atom. The van der Waals surface area contributed by atoms with Crippen LogP contribution < -0.4 is 20.5 Å². The maximum Gasteiger partial charge on any atom is 0.338 e. The van der Waals surface area contributed by atoms with Gasteiger partial charge in [0.1, 0.15) is 6.04 Å². The first-order valence-electron chi connectivity index (χ1n) is 11.9. The minimum atomic E-state index is -0.724. The largest absolute Gasteiger partial charge is 0.463 e. The predicted molar refractivity (Wildman–Crippen MR) is 152 cm³/mol. The predicted octanol–water partition coefficient (Wildman–Crippen LogP) is 3.31. The topological polar surface area (TPSA) is 150 Å². The number of nitrogens with zero attached hydrogens (tertiary/aromatic N) is 4. The van der Waals surface area contributed by atoms with Crippen LogP contribution in [0.15, 0.2) is 77.7 Å². The lowest BCUT2D eigenvalue weighted by Crippen LogP contribution is -2.39. The second kappa shape index (κ2) is 11.2. The van der Waals surface area contributed by atoms with Crippen LogP contribution in [0.5, 0.6) is 0 Å². The molecule has 0 radical (unpaired) electrons. The minimum Gasteiger partial charge on any atom is -0.463 e. The molecule has 1 atom stereocenters. The molecule has 0 aliphatic carbocycles. The smallest absolute Gasteiger partial charge is 0.338 e. The summed E-state index contributed by atoms with van der Waals surface area (Å²) >= 11 is 3.64. The molecule has 40 heavy (non-hydrogen) atoms. The van der Waals surface area contributed by atoms with Crippen molar-refractivity contribution in [2.75, 3.05) is 6.61 Å². The van der Waals surface area contributed by atoms with Crippen LogP contribution >= 0.6 is 34.4 Å². The van der Waals surface area contributed by atoms with Gasteiger partial charge in [0.2, 0.25) is 0 Å². The quantitative estimate of drug-likeness (QED) is 0.148. The first-order valence-corrected chi connectivity index (χ1v) is 14.4. The van der Waals surface area contributed by atoms with Crippen LogP contribution in [0.4, 0.5) is 5.69 Å². The summed E-state index contributed by atoms with van der Waals surface area (Å²) in [5.74, 6) is -0.548. The molecule has 14 heteroatoms. The van der Waals surface area contributed by atoms with Gasteiger partial charge in [-0.3, -0.25) is 24.3 Å². The van der Waals surface area contributed by atoms with E-state index in [9.17, 15) is 24.5 Å². The Morgan fingerprint density at radius 3 is 2.75 bits per heavy atom. The number of ether oxygens (including phenoxy) is 1. The molecule has 4 aromatic rings. The third-order valence-corrected chi connectivity index (χ3v) is 8.76. The fourth-order valence-corrected chi connectivity index (χ4v) is 6.99. The first kappa shape index (κ1) is 27.4. The number of allylic oxidation sites excluding steroid dienone is 1. The summed E-state index contributed by atoms with van der Waals surface area (Å²) in [6, 6.07) is 8.57. The summed E-state index contributed by atoms with van der Waals surface area (Å²) < 4.78 is 7.03.